The first-order chi connectivity index (χ1) is 10.3. The molecule has 1 heterocycles. The number of amides is 1. The van der Waals surface area contributed by atoms with Gasteiger partial charge >= 0.3 is 0 Å². The van der Waals surface area contributed by atoms with Gasteiger partial charge in [0.25, 0.3) is 0 Å². The molecule has 0 spiro atoms. The van der Waals surface area contributed by atoms with Crippen LogP contribution < -0.4 is 15.4 Å². The lowest BCUT2D eigenvalue weighted by molar-refractivity contribution is -0.117. The molecule has 0 aromatic heterocycles. The quantitative estimate of drug-likeness (QED) is 0.755. The van der Waals surface area contributed by atoms with Crippen LogP contribution in [0.2, 0.25) is 0 Å². The number of anilines is 1. The van der Waals surface area contributed by atoms with Crippen molar-refractivity contribution >= 4 is 24.0 Å². The monoisotopic (exact) mass is 328 g/mol. The molecule has 1 fully saturated rings. The second-order valence-corrected chi connectivity index (χ2v) is 5.31. The number of halogens is 1. The first-order valence-corrected chi connectivity index (χ1v) is 7.50. The molecule has 0 radical (unpaired) electrons. The topological polar surface area (TPSA) is 59.6 Å². The number of carbonyl (C=O) groups is 1. The van der Waals surface area contributed by atoms with Gasteiger partial charge in [-0.2, -0.15) is 0 Å². The van der Waals surface area contributed by atoms with Crippen molar-refractivity contribution in [3.8, 4) is 5.75 Å². The predicted molar refractivity (Wildman–Crippen MR) is 89.9 cm³/mol. The highest BCUT2D eigenvalue weighted by Gasteiger charge is 2.16. The van der Waals surface area contributed by atoms with Crippen LogP contribution in [0.15, 0.2) is 24.3 Å². The van der Waals surface area contributed by atoms with Crippen LogP contribution in [-0.4, -0.2) is 39.3 Å². The molecule has 2 N–H and O–H groups in total. The van der Waals surface area contributed by atoms with Crippen molar-refractivity contribution in [1.82, 2.24) is 5.32 Å². The molecule has 0 aliphatic carbocycles. The fourth-order valence-electron chi connectivity index (χ4n) is 2.44. The molecule has 1 saturated heterocycles. The molecule has 0 atom stereocenters. The maximum atomic E-state index is 12.0. The van der Waals surface area contributed by atoms with Gasteiger partial charge in [-0.15, -0.1) is 12.4 Å². The van der Waals surface area contributed by atoms with E-state index in [1.54, 1.807) is 7.11 Å². The molecule has 6 heteroatoms. The van der Waals surface area contributed by atoms with Crippen LogP contribution in [0, 0.1) is 5.92 Å². The number of carbonyl (C=O) groups excluding carboxylic acids is 1. The van der Waals surface area contributed by atoms with Gasteiger partial charge in [-0.1, -0.05) is 0 Å². The number of ether oxygens (including phenoxy) is 2. The highest BCUT2D eigenvalue weighted by atomic mass is 35.5. The fraction of sp³-hybridized carbons (Fsp3) is 0.562. The van der Waals surface area contributed by atoms with Gasteiger partial charge in [-0.05, 0) is 56.1 Å². The van der Waals surface area contributed by atoms with Crippen LogP contribution in [0.1, 0.15) is 19.3 Å². The van der Waals surface area contributed by atoms with Crippen molar-refractivity contribution in [2.24, 2.45) is 5.92 Å². The third-order valence-electron chi connectivity index (χ3n) is 3.63. The molecule has 124 valence electrons. The van der Waals surface area contributed by atoms with E-state index >= 15 is 0 Å². The Kier molecular flexibility index (Phi) is 8.89. The van der Waals surface area contributed by atoms with E-state index in [-0.39, 0.29) is 18.3 Å². The third kappa shape index (κ3) is 6.64. The van der Waals surface area contributed by atoms with Gasteiger partial charge in [0.15, 0.2) is 0 Å². The molecule has 1 aromatic rings. The Bertz CT molecular complexity index is 434. The molecule has 5 nitrogen and oxygen atoms in total. The highest BCUT2D eigenvalue weighted by Crippen LogP contribution is 2.19. The third-order valence-corrected chi connectivity index (χ3v) is 3.63. The van der Waals surface area contributed by atoms with Crippen molar-refractivity contribution in [2.75, 3.05) is 38.7 Å². The maximum absolute atomic E-state index is 12.0. The molecule has 1 aliphatic rings. The minimum atomic E-state index is 0. The molecule has 1 aliphatic heterocycles. The Morgan fingerprint density at radius 1 is 1.23 bits per heavy atom. The summed E-state index contributed by atoms with van der Waals surface area (Å²) in [7, 11) is 1.64. The van der Waals surface area contributed by atoms with Crippen LogP contribution in [-0.2, 0) is 9.53 Å². The van der Waals surface area contributed by atoms with Gasteiger partial charge in [0.05, 0.1) is 6.61 Å². The second-order valence-electron chi connectivity index (χ2n) is 5.31. The highest BCUT2D eigenvalue weighted by molar-refractivity contribution is 5.90. The SMILES string of the molecule is COCCOc1ccc(NC(=O)CC2CCNCC2)cc1.Cl. The smallest absolute Gasteiger partial charge is 0.224 e. The molecule has 0 saturated carbocycles. The zero-order valence-electron chi connectivity index (χ0n) is 13.0. The summed E-state index contributed by atoms with van der Waals surface area (Å²) in [4.78, 5) is 12.0. The van der Waals surface area contributed by atoms with Gasteiger partial charge in [-0.3, -0.25) is 4.79 Å². The van der Waals surface area contributed by atoms with Crippen molar-refractivity contribution < 1.29 is 14.3 Å². The van der Waals surface area contributed by atoms with E-state index in [1.807, 2.05) is 24.3 Å². The molecule has 22 heavy (non-hydrogen) atoms. The van der Waals surface area contributed by atoms with Gasteiger partial charge in [0, 0.05) is 19.2 Å². The number of piperidine rings is 1. The average molecular weight is 329 g/mol. The lowest BCUT2D eigenvalue weighted by atomic mass is 9.94. The van der Waals surface area contributed by atoms with Crippen molar-refractivity contribution in [2.45, 2.75) is 19.3 Å². The van der Waals surface area contributed by atoms with E-state index in [2.05, 4.69) is 10.6 Å². The summed E-state index contributed by atoms with van der Waals surface area (Å²) in [6, 6.07) is 7.44. The molecule has 0 bridgehead atoms. The summed E-state index contributed by atoms with van der Waals surface area (Å²) in [5.41, 5.74) is 0.813. The van der Waals surface area contributed by atoms with Gasteiger partial charge in [0.1, 0.15) is 12.4 Å². The first-order valence-electron chi connectivity index (χ1n) is 7.50. The van der Waals surface area contributed by atoms with Crippen molar-refractivity contribution in [3.63, 3.8) is 0 Å². The van der Waals surface area contributed by atoms with Crippen LogP contribution >= 0.6 is 12.4 Å². The lowest BCUT2D eigenvalue weighted by Crippen LogP contribution is -2.30. The number of hydrogen-bond donors (Lipinski definition) is 2. The largest absolute Gasteiger partial charge is 0.491 e. The zero-order chi connectivity index (χ0) is 14.9. The summed E-state index contributed by atoms with van der Waals surface area (Å²) in [6.07, 6.45) is 2.77. The summed E-state index contributed by atoms with van der Waals surface area (Å²) in [6.45, 7) is 3.13. The van der Waals surface area contributed by atoms with Crippen LogP contribution in [0.4, 0.5) is 5.69 Å². The Labute approximate surface area is 138 Å². The van der Waals surface area contributed by atoms with E-state index in [1.165, 1.54) is 0 Å². The Balaban J connectivity index is 0.00000242. The lowest BCUT2D eigenvalue weighted by Gasteiger charge is -2.21. The average Bonchev–Trinajstić information content (AvgIpc) is 2.50. The number of nitrogens with one attached hydrogen (secondary N) is 2. The normalized spacial score (nSPS) is 15.0. The van der Waals surface area contributed by atoms with Crippen molar-refractivity contribution in [3.05, 3.63) is 24.3 Å². The molecule has 0 unspecified atom stereocenters. The Hall–Kier alpha value is -1.30. The van der Waals surface area contributed by atoms with E-state index in [4.69, 9.17) is 9.47 Å². The summed E-state index contributed by atoms with van der Waals surface area (Å²) >= 11 is 0. The molecule has 2 rings (SSSR count). The van der Waals surface area contributed by atoms with Crippen molar-refractivity contribution in [1.29, 1.82) is 0 Å². The molecular weight excluding hydrogens is 304 g/mol. The summed E-state index contributed by atoms with van der Waals surface area (Å²) in [5.74, 6) is 1.38. The number of benzene rings is 1. The van der Waals surface area contributed by atoms with E-state index in [0.717, 1.165) is 37.4 Å². The standard InChI is InChI=1S/C16H24N2O3.ClH/c1-20-10-11-21-15-4-2-14(3-5-15)18-16(19)12-13-6-8-17-9-7-13;/h2-5,13,17H,6-12H2,1H3,(H,18,19);1H. The minimum Gasteiger partial charge on any atom is -0.491 e. The molecule has 1 amide bonds. The van der Waals surface area contributed by atoms with Gasteiger partial charge in [0.2, 0.25) is 5.91 Å². The van der Waals surface area contributed by atoms with Crippen LogP contribution in [0.5, 0.6) is 5.75 Å². The fourth-order valence-corrected chi connectivity index (χ4v) is 2.44. The first kappa shape index (κ1) is 18.7. The maximum Gasteiger partial charge on any atom is 0.224 e. The van der Waals surface area contributed by atoms with Gasteiger partial charge in [-0.25, -0.2) is 0 Å². The zero-order valence-corrected chi connectivity index (χ0v) is 13.8. The van der Waals surface area contributed by atoms with Crippen LogP contribution in [0.3, 0.4) is 0 Å². The Morgan fingerprint density at radius 2 is 1.91 bits per heavy atom. The minimum absolute atomic E-state index is 0. The summed E-state index contributed by atoms with van der Waals surface area (Å²) in [5, 5.41) is 6.25. The summed E-state index contributed by atoms with van der Waals surface area (Å²) < 4.78 is 10.4. The second kappa shape index (κ2) is 10.4. The molecular formula is C16H25ClN2O3. The molecule has 1 aromatic carbocycles. The van der Waals surface area contributed by atoms with E-state index in [0.29, 0.717) is 25.6 Å². The Morgan fingerprint density at radius 3 is 2.55 bits per heavy atom. The van der Waals surface area contributed by atoms with Crippen LogP contribution in [0.25, 0.3) is 0 Å². The predicted octanol–water partition coefficient (Wildman–Crippen LogP) is 2.46. The van der Waals surface area contributed by atoms with E-state index in [9.17, 15) is 4.79 Å². The number of rotatable bonds is 7. The van der Waals surface area contributed by atoms with E-state index < -0.39 is 0 Å². The van der Waals surface area contributed by atoms with Gasteiger partial charge < -0.3 is 20.1 Å². The number of methoxy groups -OCH3 is 1. The number of hydrogen-bond acceptors (Lipinski definition) is 4.